The quantitative estimate of drug-likeness (QED) is 0.600. The number of carbonyl (C=O) groups excluding carboxylic acids is 1. The second-order valence-corrected chi connectivity index (χ2v) is 4.62. The van der Waals surface area contributed by atoms with Crippen molar-refractivity contribution in [1.82, 2.24) is 0 Å². The highest BCUT2D eigenvalue weighted by Crippen LogP contribution is 2.38. The Hall–Kier alpha value is -0.970. The van der Waals surface area contributed by atoms with Crippen LogP contribution < -0.4 is 4.90 Å². The number of β-lactam (4-membered cyclic amide) rings is 1. The highest BCUT2D eigenvalue weighted by atomic mass is 79.9. The molecule has 1 amide bonds. The summed E-state index contributed by atoms with van der Waals surface area (Å²) >= 11 is 2.66. The fourth-order valence-electron chi connectivity index (χ4n) is 1.53. The van der Waals surface area contributed by atoms with Gasteiger partial charge in [-0.15, -0.1) is 0 Å². The first kappa shape index (κ1) is 10.5. The molecule has 2 nitrogen and oxygen atoms in total. The fraction of sp³-hybridized carbons (Fsp3) is 0.300. The average Bonchev–Trinajstić information content (AvgIpc) is 2.25. The van der Waals surface area contributed by atoms with Gasteiger partial charge in [-0.2, -0.15) is 0 Å². The van der Waals surface area contributed by atoms with Crippen molar-refractivity contribution in [1.29, 1.82) is 0 Å². The maximum Gasteiger partial charge on any atom is 0.277 e. The predicted octanol–water partition coefficient (Wildman–Crippen LogP) is 2.56. The van der Waals surface area contributed by atoms with Crippen molar-refractivity contribution in [2.75, 3.05) is 11.4 Å². The molecule has 0 bridgehead atoms. The van der Waals surface area contributed by atoms with E-state index < -0.39 is 17.2 Å². The minimum atomic E-state index is -1.98. The number of hydrogen-bond donors (Lipinski definition) is 0. The highest BCUT2D eigenvalue weighted by molar-refractivity contribution is 9.10. The van der Waals surface area contributed by atoms with Gasteiger partial charge in [0, 0.05) is 11.3 Å². The zero-order valence-electron chi connectivity index (χ0n) is 7.71. The topological polar surface area (TPSA) is 20.3 Å². The van der Waals surface area contributed by atoms with E-state index in [4.69, 9.17) is 0 Å². The first-order chi connectivity index (χ1) is 7.06. The third-order valence-electron chi connectivity index (χ3n) is 2.34. The number of halogens is 3. The molecular weight excluding hydrogens is 268 g/mol. The molecule has 0 aromatic heterocycles. The molecule has 0 saturated carbocycles. The van der Waals surface area contributed by atoms with E-state index in [2.05, 4.69) is 15.9 Å². The summed E-state index contributed by atoms with van der Waals surface area (Å²) in [4.78, 5) is 12.6. The molecule has 5 heteroatoms. The van der Waals surface area contributed by atoms with Crippen LogP contribution in [0.1, 0.15) is 5.56 Å². The van der Waals surface area contributed by atoms with E-state index in [1.165, 1.54) is 4.90 Å². The van der Waals surface area contributed by atoms with Crippen molar-refractivity contribution >= 4 is 27.5 Å². The Morgan fingerprint density at radius 1 is 1.47 bits per heavy atom. The van der Waals surface area contributed by atoms with Crippen LogP contribution in [0.4, 0.5) is 14.5 Å². The zero-order chi connectivity index (χ0) is 11.1. The maximum absolute atomic E-state index is 13.2. The summed E-state index contributed by atoms with van der Waals surface area (Å²) in [5.74, 6) is -0.677. The third kappa shape index (κ3) is 1.65. The summed E-state index contributed by atoms with van der Waals surface area (Å²) < 4.78 is 23.8. The standard InChI is InChI=1S/C10H8BrF2NO/c11-10(13)6-14(9(10)15)8-4-2-1-3-7(8)5-12/h1-4H,5-6H2/t10-/m1/s1. The SMILES string of the molecule is O=C1N(c2ccccc2CF)C[C@]1(F)Br. The van der Waals surface area contributed by atoms with E-state index in [9.17, 15) is 13.6 Å². The summed E-state index contributed by atoms with van der Waals surface area (Å²) in [6, 6.07) is 6.55. The molecule has 0 radical (unpaired) electrons. The minimum Gasteiger partial charge on any atom is -0.304 e. The van der Waals surface area contributed by atoms with Crippen molar-refractivity contribution in [3.05, 3.63) is 29.8 Å². The third-order valence-corrected chi connectivity index (χ3v) is 2.93. The lowest BCUT2D eigenvalue weighted by atomic mass is 10.1. The lowest BCUT2D eigenvalue weighted by molar-refractivity contribution is -0.130. The summed E-state index contributed by atoms with van der Waals surface area (Å²) in [6.45, 7) is -0.746. The lowest BCUT2D eigenvalue weighted by Gasteiger charge is -2.40. The minimum absolute atomic E-state index is 0.0805. The number of carbonyl (C=O) groups is 1. The fourth-order valence-corrected chi connectivity index (χ4v) is 1.99. The normalized spacial score (nSPS) is 25.3. The number of benzene rings is 1. The van der Waals surface area contributed by atoms with Gasteiger partial charge in [-0.3, -0.25) is 4.79 Å². The van der Waals surface area contributed by atoms with Crippen molar-refractivity contribution in [2.45, 2.75) is 11.3 Å². The molecule has 0 N–H and O–H groups in total. The van der Waals surface area contributed by atoms with E-state index in [1.807, 2.05) is 0 Å². The summed E-state index contributed by atoms with van der Waals surface area (Å²) in [7, 11) is 0. The molecule has 1 aliphatic rings. The van der Waals surface area contributed by atoms with Crippen LogP contribution in [0.15, 0.2) is 24.3 Å². The first-order valence-electron chi connectivity index (χ1n) is 4.40. The Morgan fingerprint density at radius 2 is 2.13 bits per heavy atom. The largest absolute Gasteiger partial charge is 0.304 e. The van der Waals surface area contributed by atoms with Gasteiger partial charge in [0.2, 0.25) is 0 Å². The van der Waals surface area contributed by atoms with Gasteiger partial charge in [-0.25, -0.2) is 8.78 Å². The number of anilines is 1. The molecule has 1 atom stereocenters. The van der Waals surface area contributed by atoms with Crippen molar-refractivity contribution in [3.63, 3.8) is 0 Å². The highest BCUT2D eigenvalue weighted by Gasteiger charge is 2.52. The van der Waals surface area contributed by atoms with Gasteiger partial charge in [0.25, 0.3) is 10.5 Å². The molecule has 0 unspecified atom stereocenters. The molecule has 1 saturated heterocycles. The van der Waals surface area contributed by atoms with Crippen LogP contribution in [0.5, 0.6) is 0 Å². The van der Waals surface area contributed by atoms with Crippen LogP contribution in [0.25, 0.3) is 0 Å². The molecule has 1 aromatic carbocycles. The molecular formula is C10H8BrF2NO. The Balaban J connectivity index is 2.29. The van der Waals surface area contributed by atoms with Gasteiger partial charge in [0.05, 0.1) is 6.54 Å². The van der Waals surface area contributed by atoms with Crippen molar-refractivity contribution < 1.29 is 13.6 Å². The van der Waals surface area contributed by atoms with Crippen LogP contribution in [0, 0.1) is 0 Å². The summed E-state index contributed by atoms with van der Waals surface area (Å²) in [6.07, 6.45) is 0. The smallest absolute Gasteiger partial charge is 0.277 e. The monoisotopic (exact) mass is 275 g/mol. The van der Waals surface area contributed by atoms with Crippen molar-refractivity contribution in [3.8, 4) is 0 Å². The molecule has 2 rings (SSSR count). The predicted molar refractivity (Wildman–Crippen MR) is 56.4 cm³/mol. The lowest BCUT2D eigenvalue weighted by Crippen LogP contribution is -2.61. The zero-order valence-corrected chi connectivity index (χ0v) is 9.30. The molecule has 1 aromatic rings. The Labute approximate surface area is 94.0 Å². The van der Waals surface area contributed by atoms with E-state index >= 15 is 0 Å². The van der Waals surface area contributed by atoms with E-state index in [-0.39, 0.29) is 6.54 Å². The van der Waals surface area contributed by atoms with Gasteiger partial charge >= 0.3 is 0 Å². The Morgan fingerprint density at radius 3 is 2.67 bits per heavy atom. The average molecular weight is 276 g/mol. The van der Waals surface area contributed by atoms with Gasteiger partial charge in [-0.05, 0) is 22.0 Å². The van der Waals surface area contributed by atoms with Crippen LogP contribution in [0.3, 0.4) is 0 Å². The van der Waals surface area contributed by atoms with E-state index in [0.29, 0.717) is 11.3 Å². The number of alkyl halides is 3. The van der Waals surface area contributed by atoms with E-state index in [1.54, 1.807) is 24.3 Å². The number of nitrogens with zero attached hydrogens (tertiary/aromatic N) is 1. The maximum atomic E-state index is 13.2. The van der Waals surface area contributed by atoms with Crippen LogP contribution in [-0.4, -0.2) is 17.0 Å². The van der Waals surface area contributed by atoms with E-state index in [0.717, 1.165) is 0 Å². The molecule has 0 spiro atoms. The second-order valence-electron chi connectivity index (χ2n) is 3.36. The molecule has 1 heterocycles. The van der Waals surface area contributed by atoms with Gasteiger partial charge in [0.15, 0.2) is 0 Å². The molecule has 80 valence electrons. The van der Waals surface area contributed by atoms with Crippen LogP contribution >= 0.6 is 15.9 Å². The van der Waals surface area contributed by atoms with Crippen LogP contribution in [-0.2, 0) is 11.5 Å². The number of hydrogen-bond acceptors (Lipinski definition) is 1. The Kier molecular flexibility index (Phi) is 2.50. The summed E-state index contributed by atoms with van der Waals surface area (Å²) in [5, 5.41) is 0. The molecule has 1 fully saturated rings. The number of amides is 1. The molecule has 1 aliphatic heterocycles. The second kappa shape index (κ2) is 3.56. The van der Waals surface area contributed by atoms with Crippen molar-refractivity contribution in [2.24, 2.45) is 0 Å². The molecule has 15 heavy (non-hydrogen) atoms. The number of rotatable bonds is 2. The van der Waals surface area contributed by atoms with Gasteiger partial charge in [0.1, 0.15) is 6.67 Å². The van der Waals surface area contributed by atoms with Gasteiger partial charge in [-0.1, -0.05) is 18.2 Å². The molecule has 0 aliphatic carbocycles. The van der Waals surface area contributed by atoms with Gasteiger partial charge < -0.3 is 4.90 Å². The number of para-hydroxylation sites is 1. The first-order valence-corrected chi connectivity index (χ1v) is 5.19. The summed E-state index contributed by atoms with van der Waals surface area (Å²) in [5.41, 5.74) is 0.839. The van der Waals surface area contributed by atoms with Crippen LogP contribution in [0.2, 0.25) is 0 Å². The Bertz CT molecular complexity index is 408.